The number of anilines is 1. The van der Waals surface area contributed by atoms with Gasteiger partial charge in [-0.1, -0.05) is 18.2 Å². The van der Waals surface area contributed by atoms with Gasteiger partial charge in [0.2, 0.25) is 0 Å². The van der Waals surface area contributed by atoms with Gasteiger partial charge in [-0.25, -0.2) is 9.67 Å². The van der Waals surface area contributed by atoms with E-state index in [4.69, 9.17) is 4.98 Å². The number of benzene rings is 1. The van der Waals surface area contributed by atoms with Crippen LogP contribution in [0.25, 0.3) is 11.0 Å². The van der Waals surface area contributed by atoms with E-state index in [-0.39, 0.29) is 11.9 Å². The number of nitrogens with zero attached hydrogens (tertiary/aromatic N) is 4. The zero-order valence-corrected chi connectivity index (χ0v) is 16.8. The number of hydrogen-bond donors (Lipinski definition) is 0. The molecule has 0 radical (unpaired) electrons. The molecule has 5 heteroatoms. The van der Waals surface area contributed by atoms with Gasteiger partial charge in [-0.15, -0.1) is 0 Å². The molecule has 1 aromatic carbocycles. The van der Waals surface area contributed by atoms with Gasteiger partial charge in [-0.05, 0) is 63.6 Å². The van der Waals surface area contributed by atoms with Crippen LogP contribution in [0, 0.1) is 6.92 Å². The number of rotatable bonds is 3. The van der Waals surface area contributed by atoms with E-state index in [1.165, 1.54) is 5.56 Å². The predicted octanol–water partition coefficient (Wildman–Crippen LogP) is 4.79. The smallest absolute Gasteiger partial charge is 0.259 e. The van der Waals surface area contributed by atoms with Crippen LogP contribution in [-0.4, -0.2) is 27.2 Å². The number of carbonyl (C=O) groups is 1. The number of aromatic nitrogens is 3. The Kier molecular flexibility index (Phi) is 4.00. The summed E-state index contributed by atoms with van der Waals surface area (Å²) in [6.45, 7) is 7.06. The van der Waals surface area contributed by atoms with Gasteiger partial charge in [0, 0.05) is 24.2 Å². The Morgan fingerprint density at radius 2 is 2.07 bits per heavy atom. The van der Waals surface area contributed by atoms with Crippen LogP contribution in [0.1, 0.15) is 72.2 Å². The number of para-hydroxylation sites is 1. The Balaban J connectivity index is 1.67. The second-order valence-electron chi connectivity index (χ2n) is 8.43. The van der Waals surface area contributed by atoms with Gasteiger partial charge in [0.15, 0.2) is 5.65 Å². The van der Waals surface area contributed by atoms with Crippen LogP contribution >= 0.6 is 0 Å². The van der Waals surface area contributed by atoms with Gasteiger partial charge in [-0.2, -0.15) is 5.10 Å². The molecular formula is C23H26N4O. The number of hydrogen-bond acceptors (Lipinski definition) is 3. The minimum Gasteiger partial charge on any atom is -0.308 e. The summed E-state index contributed by atoms with van der Waals surface area (Å²) in [5, 5.41) is 5.41. The summed E-state index contributed by atoms with van der Waals surface area (Å²) in [6.07, 6.45) is 6.17. The maximum Gasteiger partial charge on any atom is 0.259 e. The van der Waals surface area contributed by atoms with Crippen molar-refractivity contribution in [1.82, 2.24) is 14.8 Å². The van der Waals surface area contributed by atoms with Crippen molar-refractivity contribution in [3.8, 4) is 0 Å². The number of aryl methyl sites for hydroxylation is 2. The molecule has 0 atom stereocenters. The first-order valence-corrected chi connectivity index (χ1v) is 10.3. The van der Waals surface area contributed by atoms with Crippen LogP contribution in [-0.2, 0) is 6.42 Å². The average Bonchev–Trinajstić information content (AvgIpc) is 3.45. The molecule has 0 saturated heterocycles. The minimum absolute atomic E-state index is 0.0767. The van der Waals surface area contributed by atoms with E-state index in [0.29, 0.717) is 5.92 Å². The standard InChI is InChI=1S/C23H26N4O/c1-14(2)27-22-19(13-24-27)18(12-20(25-22)16-9-10-16)23(28)26-11-5-8-17-7-4-6-15(3)21(17)26/h4,6-7,12-14,16H,5,8-11H2,1-3H3. The van der Waals surface area contributed by atoms with Gasteiger partial charge in [0.25, 0.3) is 5.91 Å². The van der Waals surface area contributed by atoms with E-state index >= 15 is 0 Å². The summed E-state index contributed by atoms with van der Waals surface area (Å²) < 4.78 is 1.94. The molecule has 3 aromatic rings. The van der Waals surface area contributed by atoms with E-state index in [1.807, 2.05) is 21.8 Å². The summed E-state index contributed by atoms with van der Waals surface area (Å²) >= 11 is 0. The molecule has 1 saturated carbocycles. The number of pyridine rings is 1. The Morgan fingerprint density at radius 3 is 2.82 bits per heavy atom. The molecule has 0 unspecified atom stereocenters. The van der Waals surface area contributed by atoms with Crippen molar-refractivity contribution in [3.05, 3.63) is 52.8 Å². The van der Waals surface area contributed by atoms with Crippen molar-refractivity contribution in [3.63, 3.8) is 0 Å². The second-order valence-corrected chi connectivity index (χ2v) is 8.43. The molecule has 144 valence electrons. The van der Waals surface area contributed by atoms with Gasteiger partial charge in [-0.3, -0.25) is 4.79 Å². The van der Waals surface area contributed by atoms with E-state index < -0.39 is 0 Å². The lowest BCUT2D eigenvalue weighted by atomic mass is 9.97. The van der Waals surface area contributed by atoms with E-state index in [2.05, 4.69) is 44.1 Å². The Labute approximate surface area is 165 Å². The summed E-state index contributed by atoms with van der Waals surface area (Å²) in [7, 11) is 0. The molecule has 1 aliphatic heterocycles. The van der Waals surface area contributed by atoms with Crippen LogP contribution in [0.2, 0.25) is 0 Å². The number of amides is 1. The fraction of sp³-hybridized carbons (Fsp3) is 0.435. The number of fused-ring (bicyclic) bond motifs is 2. The molecular weight excluding hydrogens is 348 g/mol. The fourth-order valence-electron chi connectivity index (χ4n) is 4.38. The summed E-state index contributed by atoms with van der Waals surface area (Å²) in [5.74, 6) is 0.565. The second kappa shape index (κ2) is 6.43. The van der Waals surface area contributed by atoms with Crippen molar-refractivity contribution in [2.45, 2.75) is 58.4 Å². The SMILES string of the molecule is Cc1cccc2c1N(C(=O)c1cc(C3CC3)nc3c1cnn3C(C)C)CCC2. The normalized spacial score (nSPS) is 16.6. The molecule has 1 fully saturated rings. The molecule has 0 bridgehead atoms. The third-order valence-electron chi connectivity index (χ3n) is 5.97. The highest BCUT2D eigenvalue weighted by atomic mass is 16.2. The first-order valence-electron chi connectivity index (χ1n) is 10.3. The minimum atomic E-state index is 0.0767. The average molecular weight is 374 g/mol. The monoisotopic (exact) mass is 374 g/mol. The maximum absolute atomic E-state index is 13.8. The van der Waals surface area contributed by atoms with Crippen molar-refractivity contribution in [2.24, 2.45) is 0 Å². The highest BCUT2D eigenvalue weighted by Crippen LogP contribution is 2.41. The maximum atomic E-state index is 13.8. The van der Waals surface area contributed by atoms with Gasteiger partial charge >= 0.3 is 0 Å². The molecule has 2 aliphatic rings. The quantitative estimate of drug-likeness (QED) is 0.662. The van der Waals surface area contributed by atoms with Gasteiger partial charge in [0.1, 0.15) is 0 Å². The van der Waals surface area contributed by atoms with Crippen molar-refractivity contribution in [2.75, 3.05) is 11.4 Å². The molecule has 3 heterocycles. The third kappa shape index (κ3) is 2.72. The van der Waals surface area contributed by atoms with Crippen molar-refractivity contribution in [1.29, 1.82) is 0 Å². The van der Waals surface area contributed by atoms with Crippen LogP contribution < -0.4 is 4.90 Å². The summed E-state index contributed by atoms with van der Waals surface area (Å²) in [4.78, 5) is 20.6. The first-order chi connectivity index (χ1) is 13.5. The van der Waals surface area contributed by atoms with E-state index in [1.54, 1.807) is 0 Å². The zero-order valence-electron chi connectivity index (χ0n) is 16.8. The summed E-state index contributed by atoms with van der Waals surface area (Å²) in [5.41, 5.74) is 6.15. The lowest BCUT2D eigenvalue weighted by Crippen LogP contribution is -2.36. The van der Waals surface area contributed by atoms with Crippen molar-refractivity contribution >= 4 is 22.6 Å². The van der Waals surface area contributed by atoms with Gasteiger partial charge < -0.3 is 4.90 Å². The Morgan fingerprint density at radius 1 is 1.25 bits per heavy atom. The van der Waals surface area contributed by atoms with Gasteiger partial charge in [0.05, 0.1) is 22.8 Å². The van der Waals surface area contributed by atoms with Crippen LogP contribution in [0.3, 0.4) is 0 Å². The van der Waals surface area contributed by atoms with Crippen molar-refractivity contribution < 1.29 is 4.79 Å². The highest BCUT2D eigenvalue weighted by molar-refractivity contribution is 6.14. The molecule has 5 rings (SSSR count). The van der Waals surface area contributed by atoms with E-state index in [9.17, 15) is 4.79 Å². The third-order valence-corrected chi connectivity index (χ3v) is 5.97. The van der Waals surface area contributed by atoms with Crippen LogP contribution in [0.5, 0.6) is 0 Å². The van der Waals surface area contributed by atoms with E-state index in [0.717, 1.165) is 65.8 Å². The fourth-order valence-corrected chi connectivity index (χ4v) is 4.38. The lowest BCUT2D eigenvalue weighted by Gasteiger charge is -2.31. The molecule has 0 N–H and O–H groups in total. The van der Waals surface area contributed by atoms with Crippen LogP contribution in [0.15, 0.2) is 30.5 Å². The van der Waals surface area contributed by atoms with Crippen LogP contribution in [0.4, 0.5) is 5.69 Å². The molecule has 0 spiro atoms. The largest absolute Gasteiger partial charge is 0.308 e. The Bertz CT molecular complexity index is 1080. The zero-order chi connectivity index (χ0) is 19.4. The summed E-state index contributed by atoms with van der Waals surface area (Å²) in [6, 6.07) is 8.57. The first kappa shape index (κ1) is 17.4. The topological polar surface area (TPSA) is 51.0 Å². The molecule has 1 aliphatic carbocycles. The molecule has 5 nitrogen and oxygen atoms in total. The highest BCUT2D eigenvalue weighted by Gasteiger charge is 2.31. The molecule has 2 aromatic heterocycles. The lowest BCUT2D eigenvalue weighted by molar-refractivity contribution is 0.0986. The number of carbonyl (C=O) groups excluding carboxylic acids is 1. The molecule has 1 amide bonds. The predicted molar refractivity (Wildman–Crippen MR) is 111 cm³/mol. The Hall–Kier alpha value is -2.69. The molecule has 28 heavy (non-hydrogen) atoms.